The highest BCUT2D eigenvalue weighted by Crippen LogP contribution is 2.50. The molecule has 4 aromatic carbocycles. The molecule has 7 rings (SSSR count). The van der Waals surface area contributed by atoms with Gasteiger partial charge in [-0.2, -0.15) is 0 Å². The lowest BCUT2D eigenvalue weighted by atomic mass is 9.76. The number of phenols is 1. The van der Waals surface area contributed by atoms with Gasteiger partial charge in [0.05, 0.1) is 22.2 Å². The minimum absolute atomic E-state index is 0.0213. The molecule has 0 aromatic heterocycles. The van der Waals surface area contributed by atoms with E-state index in [-0.39, 0.29) is 23.5 Å². The smallest absolute Gasteiger partial charge is 0.264 e. The quantitative estimate of drug-likeness (QED) is 0.214. The molecule has 1 fully saturated rings. The number of methoxy groups -OCH3 is 1. The number of carbonyl (C=O) groups is 1. The van der Waals surface area contributed by atoms with Crippen LogP contribution in [-0.2, 0) is 4.79 Å². The maximum Gasteiger partial charge on any atom is 0.264 e. The summed E-state index contributed by atoms with van der Waals surface area (Å²) >= 11 is 4.67. The van der Waals surface area contributed by atoms with Gasteiger partial charge < -0.3 is 20.1 Å². The van der Waals surface area contributed by atoms with Gasteiger partial charge in [-0.05, 0) is 98.7 Å². The summed E-state index contributed by atoms with van der Waals surface area (Å²) < 4.78 is 5.77. The van der Waals surface area contributed by atoms with Crippen LogP contribution in [0.15, 0.2) is 99.3 Å². The van der Waals surface area contributed by atoms with Gasteiger partial charge in [0.25, 0.3) is 5.91 Å². The van der Waals surface area contributed by atoms with Gasteiger partial charge in [-0.25, -0.2) is 4.99 Å². The first-order chi connectivity index (χ1) is 21.0. The van der Waals surface area contributed by atoms with Gasteiger partial charge >= 0.3 is 0 Å². The van der Waals surface area contributed by atoms with Crippen LogP contribution in [0.2, 0.25) is 0 Å². The van der Waals surface area contributed by atoms with Crippen LogP contribution < -0.4 is 15.0 Å². The predicted molar refractivity (Wildman–Crippen MR) is 178 cm³/mol. The zero-order valence-electron chi connectivity index (χ0n) is 23.6. The number of rotatable bonds is 5. The Kier molecular flexibility index (Phi) is 7.49. The van der Waals surface area contributed by atoms with Gasteiger partial charge in [-0.15, -0.1) is 0 Å². The third-order valence-corrected chi connectivity index (χ3v) is 9.96. The Balaban J connectivity index is 1.30. The number of aliphatic imine (C=N–C) groups is 1. The van der Waals surface area contributed by atoms with Gasteiger partial charge in [-0.1, -0.05) is 60.7 Å². The molecule has 3 heterocycles. The summed E-state index contributed by atoms with van der Waals surface area (Å²) in [5.74, 6) is 0.710. The number of hydrogen-bond acceptors (Lipinski definition) is 6. The number of carbonyl (C=O) groups excluding carboxylic acids is 1. The molecule has 4 aromatic rings. The fraction of sp³-hybridized carbons (Fsp3) is 0.200. The molecule has 0 aliphatic carbocycles. The van der Waals surface area contributed by atoms with Crippen molar-refractivity contribution in [1.29, 1.82) is 0 Å². The summed E-state index contributed by atoms with van der Waals surface area (Å²) in [6.45, 7) is 2.07. The maximum atomic E-state index is 13.0. The third-order valence-electron chi connectivity index (χ3n) is 8.45. The standard InChI is InChI=1S/C35H30BrN3O3S/c1-42-30-17-21(16-29(36)33(30)40)18-31-34(41)38-35(43-31)37-24-19-27-25(22-8-4-2-5-9-22)12-14-39-15-13-26(28(20-24)32(27)39)23-10-6-3-7-11-23/h2-11,16-20,25-26,40H,12-15H2,1H3,(H,37,38,41)/b31-18-/t25-,26-/m0/s1. The molecule has 0 radical (unpaired) electrons. The summed E-state index contributed by atoms with van der Waals surface area (Å²) in [6.07, 6.45) is 3.88. The minimum Gasteiger partial charge on any atom is -0.503 e. The van der Waals surface area contributed by atoms with Crippen LogP contribution >= 0.6 is 27.7 Å². The third kappa shape index (κ3) is 5.34. The number of amidine groups is 1. The number of ether oxygens (including phenoxy) is 1. The Bertz CT molecular complexity index is 1700. The topological polar surface area (TPSA) is 74.2 Å². The molecule has 43 heavy (non-hydrogen) atoms. The van der Waals surface area contributed by atoms with Crippen LogP contribution in [0.3, 0.4) is 0 Å². The van der Waals surface area contributed by atoms with Crippen molar-refractivity contribution in [2.75, 3.05) is 25.1 Å². The number of hydrogen-bond donors (Lipinski definition) is 2. The Morgan fingerprint density at radius 1 is 0.953 bits per heavy atom. The predicted octanol–water partition coefficient (Wildman–Crippen LogP) is 7.93. The lowest BCUT2D eigenvalue weighted by Crippen LogP contribution is -2.37. The Hall–Kier alpha value is -4.01. The summed E-state index contributed by atoms with van der Waals surface area (Å²) in [4.78, 5) is 21.1. The Morgan fingerprint density at radius 2 is 1.56 bits per heavy atom. The Morgan fingerprint density at radius 3 is 2.14 bits per heavy atom. The number of phenolic OH excluding ortho intramolecular Hbond substituents is 1. The molecule has 3 aliphatic rings. The maximum absolute atomic E-state index is 13.0. The van der Waals surface area contributed by atoms with E-state index in [0.717, 1.165) is 37.2 Å². The normalized spacial score (nSPS) is 21.2. The summed E-state index contributed by atoms with van der Waals surface area (Å²) in [5, 5.41) is 13.7. The van der Waals surface area contributed by atoms with Crippen LogP contribution in [-0.4, -0.2) is 36.4 Å². The monoisotopic (exact) mass is 651 g/mol. The molecule has 8 heteroatoms. The number of halogens is 1. The fourth-order valence-corrected chi connectivity index (χ4v) is 7.79. The highest BCUT2D eigenvalue weighted by atomic mass is 79.9. The van der Waals surface area contributed by atoms with E-state index in [1.807, 2.05) is 0 Å². The van der Waals surface area contributed by atoms with Crippen molar-refractivity contribution < 1.29 is 14.6 Å². The van der Waals surface area contributed by atoms with Crippen LogP contribution in [0, 0.1) is 0 Å². The lowest BCUT2D eigenvalue weighted by Gasteiger charge is -2.43. The van der Waals surface area contributed by atoms with Gasteiger partial charge in [0.2, 0.25) is 0 Å². The molecule has 1 saturated heterocycles. The van der Waals surface area contributed by atoms with E-state index in [4.69, 9.17) is 9.73 Å². The van der Waals surface area contributed by atoms with E-state index in [0.29, 0.717) is 20.3 Å². The van der Waals surface area contributed by atoms with E-state index in [1.165, 1.54) is 46.8 Å². The SMILES string of the molecule is COc1cc(/C=C2\SC(=Nc3cc4c5c(c3)[C@H](c3ccccc3)CCN5CC[C@H]4c3ccccc3)NC2=O)cc(Br)c1O. The summed E-state index contributed by atoms with van der Waals surface area (Å²) in [7, 11) is 1.50. The van der Waals surface area contributed by atoms with Crippen LogP contribution in [0.25, 0.3) is 6.08 Å². The molecular formula is C35H30BrN3O3S. The number of nitrogens with one attached hydrogen (secondary N) is 1. The van der Waals surface area contributed by atoms with Crippen molar-refractivity contribution >= 4 is 56.2 Å². The van der Waals surface area contributed by atoms with Crippen molar-refractivity contribution in [2.45, 2.75) is 24.7 Å². The van der Waals surface area contributed by atoms with Gasteiger partial charge in [0, 0.05) is 30.6 Å². The molecule has 2 atom stereocenters. The fourth-order valence-electron chi connectivity index (χ4n) is 6.49. The van der Waals surface area contributed by atoms with E-state index < -0.39 is 0 Å². The molecule has 6 nitrogen and oxygen atoms in total. The van der Waals surface area contributed by atoms with E-state index >= 15 is 0 Å². The first-order valence-electron chi connectivity index (χ1n) is 14.4. The van der Waals surface area contributed by atoms with Crippen molar-refractivity contribution in [3.05, 3.63) is 122 Å². The minimum atomic E-state index is -0.207. The first-order valence-corrected chi connectivity index (χ1v) is 16.0. The molecule has 2 N–H and O–H groups in total. The van der Waals surface area contributed by atoms with Gasteiger partial charge in [-0.3, -0.25) is 4.79 Å². The van der Waals surface area contributed by atoms with Gasteiger partial charge in [0.15, 0.2) is 16.7 Å². The number of benzene rings is 4. The summed E-state index contributed by atoms with van der Waals surface area (Å²) in [6, 6.07) is 29.4. The van der Waals surface area contributed by atoms with Crippen molar-refractivity contribution in [2.24, 2.45) is 4.99 Å². The largest absolute Gasteiger partial charge is 0.503 e. The number of amides is 1. The number of anilines is 1. The number of thioether (sulfide) groups is 1. The highest BCUT2D eigenvalue weighted by molar-refractivity contribution is 9.10. The van der Waals surface area contributed by atoms with Crippen LogP contribution in [0.4, 0.5) is 11.4 Å². The second-order valence-electron chi connectivity index (χ2n) is 11.0. The van der Waals surface area contributed by atoms with E-state index in [9.17, 15) is 9.90 Å². The highest BCUT2D eigenvalue weighted by Gasteiger charge is 2.35. The van der Waals surface area contributed by atoms with Crippen LogP contribution in [0.5, 0.6) is 11.5 Å². The average Bonchev–Trinajstić information content (AvgIpc) is 3.37. The van der Waals surface area contributed by atoms with Crippen LogP contribution in [0.1, 0.15) is 52.5 Å². The second kappa shape index (κ2) is 11.6. The molecule has 216 valence electrons. The van der Waals surface area contributed by atoms with Crippen molar-refractivity contribution in [3.8, 4) is 11.5 Å². The summed E-state index contributed by atoms with van der Waals surface area (Å²) in [5.41, 5.74) is 8.18. The molecule has 1 amide bonds. The van der Waals surface area contributed by atoms with E-state index in [1.54, 1.807) is 18.2 Å². The number of aromatic hydroxyl groups is 1. The molecule has 0 spiro atoms. The zero-order valence-corrected chi connectivity index (χ0v) is 26.0. The zero-order chi connectivity index (χ0) is 29.5. The molecule has 0 saturated carbocycles. The molecule has 0 bridgehead atoms. The molecular weight excluding hydrogens is 622 g/mol. The van der Waals surface area contributed by atoms with Crippen molar-refractivity contribution in [1.82, 2.24) is 5.32 Å². The van der Waals surface area contributed by atoms with Crippen molar-refractivity contribution in [3.63, 3.8) is 0 Å². The van der Waals surface area contributed by atoms with Gasteiger partial charge in [0.1, 0.15) is 0 Å². The lowest BCUT2D eigenvalue weighted by molar-refractivity contribution is -0.115. The molecule has 3 aliphatic heterocycles. The second-order valence-corrected chi connectivity index (χ2v) is 12.9. The average molecular weight is 653 g/mol. The molecule has 0 unspecified atom stereocenters. The number of nitrogens with zero attached hydrogens (tertiary/aromatic N) is 2. The Labute approximate surface area is 263 Å². The van der Waals surface area contributed by atoms with E-state index in [2.05, 4.69) is 98.9 Å². The first kappa shape index (κ1) is 27.8.